The zero-order valence-electron chi connectivity index (χ0n) is 8.16. The molecule has 1 nitrogen and oxygen atoms in total. The fourth-order valence-corrected chi connectivity index (χ4v) is 1.06. The van der Waals surface area contributed by atoms with E-state index >= 15 is 0 Å². The van der Waals surface area contributed by atoms with Crippen molar-refractivity contribution in [3.63, 3.8) is 0 Å². The Morgan fingerprint density at radius 2 is 2.00 bits per heavy atom. The Morgan fingerprint density at radius 1 is 1.23 bits per heavy atom. The number of unbranched alkanes of at least 4 members (excludes halogenated alkanes) is 1. The van der Waals surface area contributed by atoms with E-state index < -0.39 is 0 Å². The van der Waals surface area contributed by atoms with Crippen LogP contribution >= 0.6 is 0 Å². The summed E-state index contributed by atoms with van der Waals surface area (Å²) in [5.41, 5.74) is 1.28. The van der Waals surface area contributed by atoms with Crippen LogP contribution < -0.4 is 0 Å². The summed E-state index contributed by atoms with van der Waals surface area (Å²) >= 11 is 0. The lowest BCUT2D eigenvalue weighted by molar-refractivity contribution is 0.859. The Balaban J connectivity index is 2.29. The second-order valence-corrected chi connectivity index (χ2v) is 3.06. The van der Waals surface area contributed by atoms with Gasteiger partial charge in [-0.3, -0.25) is 0 Å². The van der Waals surface area contributed by atoms with Crippen LogP contribution in [0.5, 0.6) is 0 Å². The second kappa shape index (κ2) is 6.25. The maximum atomic E-state index is 4.21. The smallest absolute Gasteiger partial charge is 0.0834 e. The molecule has 0 atom stereocenters. The Labute approximate surface area is 80.2 Å². The standard InChI is InChI=1S/C12H16N/c1-2-3-10-13-11-9-12-7-5-4-6-8-12/h4-8H,2-3,9-10H2,1H3/q+1. The number of rotatable bonds is 3. The van der Waals surface area contributed by atoms with E-state index in [1.807, 2.05) is 18.2 Å². The van der Waals surface area contributed by atoms with E-state index in [0.29, 0.717) is 0 Å². The SMILES string of the molecule is CCCC[N+]#CCc1ccccc1. The van der Waals surface area contributed by atoms with Gasteiger partial charge in [0.2, 0.25) is 0 Å². The van der Waals surface area contributed by atoms with Crippen LogP contribution in [0, 0.1) is 6.07 Å². The van der Waals surface area contributed by atoms with E-state index in [1.54, 1.807) is 0 Å². The van der Waals surface area contributed by atoms with Crippen LogP contribution in [0.1, 0.15) is 25.3 Å². The molecule has 0 saturated heterocycles. The lowest BCUT2D eigenvalue weighted by Gasteiger charge is -1.86. The second-order valence-electron chi connectivity index (χ2n) is 3.06. The molecule has 68 valence electrons. The predicted octanol–water partition coefficient (Wildman–Crippen LogP) is 3.36. The summed E-state index contributed by atoms with van der Waals surface area (Å²) in [5.74, 6) is 0. The molecule has 0 N–H and O–H groups in total. The zero-order chi connectivity index (χ0) is 9.36. The van der Waals surface area contributed by atoms with Gasteiger partial charge in [0, 0.05) is 6.42 Å². The first-order valence-electron chi connectivity index (χ1n) is 4.86. The molecule has 0 unspecified atom stereocenters. The summed E-state index contributed by atoms with van der Waals surface area (Å²) in [6.45, 7) is 3.09. The molecule has 0 fully saturated rings. The minimum atomic E-state index is 0.838. The fraction of sp³-hybridized carbons (Fsp3) is 0.417. The molecule has 13 heavy (non-hydrogen) atoms. The molecule has 0 aliphatic carbocycles. The molecular formula is C12H16N+. The van der Waals surface area contributed by atoms with E-state index in [-0.39, 0.29) is 0 Å². The lowest BCUT2D eigenvalue weighted by Crippen LogP contribution is -1.79. The average Bonchev–Trinajstić information content (AvgIpc) is 2.19. The molecule has 0 radical (unpaired) electrons. The molecule has 1 aromatic carbocycles. The first kappa shape index (κ1) is 9.80. The third-order valence-corrected chi connectivity index (χ3v) is 1.86. The summed E-state index contributed by atoms with van der Waals surface area (Å²) in [6, 6.07) is 13.4. The summed E-state index contributed by atoms with van der Waals surface area (Å²) in [5, 5.41) is 0. The van der Waals surface area contributed by atoms with Crippen molar-refractivity contribution in [2.75, 3.05) is 6.54 Å². The van der Waals surface area contributed by atoms with E-state index in [0.717, 1.165) is 13.0 Å². The highest BCUT2D eigenvalue weighted by molar-refractivity contribution is 5.18. The maximum absolute atomic E-state index is 4.21. The Morgan fingerprint density at radius 3 is 2.69 bits per heavy atom. The van der Waals surface area contributed by atoms with Crippen LogP contribution in [0.3, 0.4) is 0 Å². The monoisotopic (exact) mass is 174 g/mol. The lowest BCUT2D eigenvalue weighted by atomic mass is 10.2. The van der Waals surface area contributed by atoms with Crippen molar-refractivity contribution in [2.45, 2.75) is 26.2 Å². The van der Waals surface area contributed by atoms with E-state index in [9.17, 15) is 0 Å². The first-order valence-corrected chi connectivity index (χ1v) is 4.86. The van der Waals surface area contributed by atoms with Gasteiger partial charge in [0.05, 0.1) is 0 Å². The number of hydrogen-bond acceptors (Lipinski definition) is 0. The topological polar surface area (TPSA) is 4.36 Å². The van der Waals surface area contributed by atoms with Crippen LogP contribution in [-0.4, -0.2) is 6.54 Å². The van der Waals surface area contributed by atoms with Crippen LogP contribution in [0.2, 0.25) is 0 Å². The van der Waals surface area contributed by atoms with E-state index in [2.05, 4.69) is 30.0 Å². The third kappa shape index (κ3) is 4.32. The van der Waals surface area contributed by atoms with Gasteiger partial charge in [-0.15, -0.1) is 0 Å². The minimum Gasteiger partial charge on any atom is -0.0834 e. The largest absolute Gasteiger partial charge is 0.277 e. The van der Waals surface area contributed by atoms with Crippen molar-refractivity contribution in [1.29, 1.82) is 0 Å². The third-order valence-electron chi connectivity index (χ3n) is 1.86. The number of benzene rings is 1. The summed E-state index contributed by atoms with van der Waals surface area (Å²) in [4.78, 5) is 4.21. The molecule has 0 bridgehead atoms. The van der Waals surface area contributed by atoms with Crippen LogP contribution in [0.4, 0.5) is 0 Å². The summed E-state index contributed by atoms with van der Waals surface area (Å²) in [7, 11) is 0. The first-order chi connectivity index (χ1) is 6.43. The van der Waals surface area contributed by atoms with Gasteiger partial charge in [0.25, 0.3) is 12.6 Å². The molecule has 0 aliphatic heterocycles. The van der Waals surface area contributed by atoms with Gasteiger partial charge in [-0.2, -0.15) is 0 Å². The van der Waals surface area contributed by atoms with Crippen molar-refractivity contribution < 1.29 is 0 Å². The summed E-state index contributed by atoms with van der Waals surface area (Å²) < 4.78 is 0. The quantitative estimate of drug-likeness (QED) is 0.619. The average molecular weight is 174 g/mol. The van der Waals surface area contributed by atoms with Crippen molar-refractivity contribution >= 4 is 0 Å². The van der Waals surface area contributed by atoms with Crippen LogP contribution in [-0.2, 0) is 6.42 Å². The Hall–Kier alpha value is -1.29. The molecule has 1 heteroatoms. The predicted molar refractivity (Wildman–Crippen MR) is 57.2 cm³/mol. The highest BCUT2D eigenvalue weighted by Gasteiger charge is 1.92. The molecule has 0 aliphatic rings. The molecule has 1 aromatic rings. The van der Waals surface area contributed by atoms with Gasteiger partial charge in [-0.05, 0) is 12.0 Å². The van der Waals surface area contributed by atoms with Crippen molar-refractivity contribution in [2.24, 2.45) is 0 Å². The van der Waals surface area contributed by atoms with Gasteiger partial charge in [-0.25, -0.2) is 0 Å². The maximum Gasteiger partial charge on any atom is 0.277 e. The molecule has 0 spiro atoms. The minimum absolute atomic E-state index is 0.838. The Kier molecular flexibility index (Phi) is 4.71. The zero-order valence-corrected chi connectivity index (χ0v) is 8.16. The van der Waals surface area contributed by atoms with Gasteiger partial charge < -0.3 is 0 Å². The van der Waals surface area contributed by atoms with Crippen molar-refractivity contribution in [3.8, 4) is 6.07 Å². The molecular weight excluding hydrogens is 158 g/mol. The van der Waals surface area contributed by atoms with Crippen molar-refractivity contribution in [1.82, 2.24) is 0 Å². The highest BCUT2D eigenvalue weighted by Crippen LogP contribution is 1.98. The van der Waals surface area contributed by atoms with Crippen molar-refractivity contribution in [3.05, 3.63) is 40.7 Å². The summed E-state index contributed by atoms with van der Waals surface area (Å²) in [6.07, 6.45) is 3.21. The van der Waals surface area contributed by atoms with E-state index in [1.165, 1.54) is 18.4 Å². The van der Waals surface area contributed by atoms with Crippen LogP contribution in [0.25, 0.3) is 4.85 Å². The van der Waals surface area contributed by atoms with Gasteiger partial charge in [0.1, 0.15) is 6.42 Å². The van der Waals surface area contributed by atoms with Crippen LogP contribution in [0.15, 0.2) is 30.3 Å². The number of nitrogens with zero attached hydrogens (tertiary/aromatic N) is 1. The molecule has 1 rings (SSSR count). The number of hydrogen-bond donors (Lipinski definition) is 0. The van der Waals surface area contributed by atoms with Gasteiger partial charge in [0.15, 0.2) is 0 Å². The normalized spacial score (nSPS) is 9.00. The Bertz CT molecular complexity index is 279. The van der Waals surface area contributed by atoms with Gasteiger partial charge in [-0.1, -0.05) is 42.1 Å². The van der Waals surface area contributed by atoms with E-state index in [4.69, 9.17) is 0 Å². The van der Waals surface area contributed by atoms with Gasteiger partial charge >= 0.3 is 0 Å². The fourth-order valence-electron chi connectivity index (χ4n) is 1.06. The molecule has 0 heterocycles. The molecule has 0 amide bonds. The molecule has 0 saturated carbocycles. The highest BCUT2D eigenvalue weighted by atomic mass is 14.6. The molecule has 0 aromatic heterocycles.